The quantitative estimate of drug-likeness (QED) is 0.796. The van der Waals surface area contributed by atoms with Gasteiger partial charge in [0.15, 0.2) is 0 Å². The Bertz CT molecular complexity index is 903. The van der Waals surface area contributed by atoms with Crippen LogP contribution in [0.5, 0.6) is 5.75 Å². The van der Waals surface area contributed by atoms with Gasteiger partial charge < -0.3 is 9.64 Å². The minimum Gasteiger partial charge on any atom is -0.496 e. The van der Waals surface area contributed by atoms with Gasteiger partial charge in [0, 0.05) is 24.1 Å². The summed E-state index contributed by atoms with van der Waals surface area (Å²) in [5.41, 5.74) is 2.10. The monoisotopic (exact) mass is 397 g/mol. The Balaban J connectivity index is 1.56. The summed E-state index contributed by atoms with van der Waals surface area (Å²) in [6.07, 6.45) is 2.40. The predicted molar refractivity (Wildman–Crippen MR) is 110 cm³/mol. The van der Waals surface area contributed by atoms with Crippen molar-refractivity contribution in [2.45, 2.75) is 44.7 Å². The van der Waals surface area contributed by atoms with Crippen LogP contribution in [-0.4, -0.2) is 59.5 Å². The van der Waals surface area contributed by atoms with Gasteiger partial charge in [-0.3, -0.25) is 9.69 Å². The van der Waals surface area contributed by atoms with Crippen LogP contribution >= 0.6 is 11.3 Å². The molecule has 6 rings (SSSR count). The Morgan fingerprint density at radius 2 is 1.93 bits per heavy atom. The highest BCUT2D eigenvalue weighted by Gasteiger charge is 2.55. The van der Waals surface area contributed by atoms with Crippen molar-refractivity contribution in [3.8, 4) is 5.75 Å². The van der Waals surface area contributed by atoms with Crippen molar-refractivity contribution in [2.24, 2.45) is 5.92 Å². The number of benzene rings is 1. The van der Waals surface area contributed by atoms with Gasteiger partial charge in [-0.15, -0.1) is 11.3 Å². The number of nitrogens with zero attached hydrogens (tertiary/aromatic N) is 3. The van der Waals surface area contributed by atoms with E-state index in [0.29, 0.717) is 23.9 Å². The van der Waals surface area contributed by atoms with Crippen molar-refractivity contribution in [3.05, 3.63) is 45.4 Å². The Kier molecular flexibility index (Phi) is 4.43. The highest BCUT2D eigenvalue weighted by atomic mass is 32.1. The first-order chi connectivity index (χ1) is 13.6. The molecule has 0 radical (unpaired) electrons. The summed E-state index contributed by atoms with van der Waals surface area (Å²) in [7, 11) is 1.74. The second-order valence-corrected chi connectivity index (χ2v) is 9.51. The van der Waals surface area contributed by atoms with E-state index in [1.165, 1.54) is 29.7 Å². The number of hydrogen-bond donors (Lipinski definition) is 0. The molecule has 4 saturated heterocycles. The molecule has 148 valence electrons. The Morgan fingerprint density at radius 3 is 2.61 bits per heavy atom. The summed E-state index contributed by atoms with van der Waals surface area (Å²) < 4.78 is 5.69. The van der Waals surface area contributed by atoms with Crippen LogP contribution < -0.4 is 4.74 Å². The number of thiazole rings is 1. The van der Waals surface area contributed by atoms with Crippen LogP contribution in [0.25, 0.3) is 0 Å². The molecule has 5 heterocycles. The van der Waals surface area contributed by atoms with E-state index in [2.05, 4.69) is 26.9 Å². The van der Waals surface area contributed by atoms with Gasteiger partial charge >= 0.3 is 0 Å². The lowest BCUT2D eigenvalue weighted by molar-refractivity contribution is -0.00338. The van der Waals surface area contributed by atoms with Crippen molar-refractivity contribution < 1.29 is 9.53 Å². The Hall–Kier alpha value is -1.92. The first kappa shape index (κ1) is 18.1. The van der Waals surface area contributed by atoms with Gasteiger partial charge in [-0.05, 0) is 51.8 Å². The van der Waals surface area contributed by atoms with Crippen LogP contribution in [0, 0.1) is 19.8 Å². The summed E-state index contributed by atoms with van der Waals surface area (Å²) in [4.78, 5) is 23.7. The third kappa shape index (κ3) is 2.69. The molecule has 2 bridgehead atoms. The van der Waals surface area contributed by atoms with Crippen molar-refractivity contribution >= 4 is 17.2 Å². The van der Waals surface area contributed by atoms with E-state index in [0.717, 1.165) is 41.0 Å². The third-order valence-corrected chi connectivity index (χ3v) is 7.95. The van der Waals surface area contributed by atoms with Gasteiger partial charge in [-0.2, -0.15) is 0 Å². The van der Waals surface area contributed by atoms with Gasteiger partial charge in [-0.1, -0.05) is 18.2 Å². The summed E-state index contributed by atoms with van der Waals surface area (Å²) in [5.74, 6) is 2.01. The van der Waals surface area contributed by atoms with Gasteiger partial charge in [-0.25, -0.2) is 4.98 Å². The van der Waals surface area contributed by atoms with Crippen molar-refractivity contribution in [3.63, 3.8) is 0 Å². The topological polar surface area (TPSA) is 45.7 Å². The molecule has 4 fully saturated rings. The zero-order valence-corrected chi connectivity index (χ0v) is 17.5. The number of likely N-dealkylation sites (tertiary alicyclic amines) is 1. The number of aromatic nitrogens is 1. The summed E-state index contributed by atoms with van der Waals surface area (Å²) in [6, 6.07) is 9.02. The largest absolute Gasteiger partial charge is 0.496 e. The van der Waals surface area contributed by atoms with E-state index in [-0.39, 0.29) is 5.91 Å². The molecule has 0 N–H and O–H groups in total. The number of piperidine rings is 3. The van der Waals surface area contributed by atoms with E-state index in [4.69, 9.17) is 4.74 Å². The highest BCUT2D eigenvalue weighted by Crippen LogP contribution is 2.48. The number of para-hydroxylation sites is 1. The molecule has 4 aliphatic rings. The number of carbonyl (C=O) groups is 1. The number of aryl methyl sites for hydroxylation is 2. The molecule has 4 aliphatic heterocycles. The zero-order valence-electron chi connectivity index (χ0n) is 16.7. The molecule has 1 aromatic heterocycles. The number of carbonyl (C=O) groups excluding carboxylic acids is 1. The average molecular weight is 398 g/mol. The minimum atomic E-state index is 0.171. The fourth-order valence-corrected chi connectivity index (χ4v) is 6.64. The molecule has 0 spiro atoms. The van der Waals surface area contributed by atoms with Crippen LogP contribution in [-0.2, 0) is 0 Å². The second-order valence-electron chi connectivity index (χ2n) is 8.31. The van der Waals surface area contributed by atoms with E-state index in [9.17, 15) is 4.79 Å². The first-order valence-corrected chi connectivity index (χ1v) is 11.0. The molecule has 1 aromatic carbocycles. The minimum absolute atomic E-state index is 0.171. The average Bonchev–Trinajstić information content (AvgIpc) is 3.30. The maximum atomic E-state index is 13.6. The summed E-state index contributed by atoms with van der Waals surface area (Å²) in [5, 5.41) is 0.965. The van der Waals surface area contributed by atoms with Crippen LogP contribution in [0.15, 0.2) is 24.3 Å². The number of ether oxygens (including phenoxy) is 1. The third-order valence-electron chi connectivity index (χ3n) is 6.89. The zero-order chi connectivity index (χ0) is 19.4. The molecular formula is C22H27N3O2S. The van der Waals surface area contributed by atoms with Crippen molar-refractivity contribution in [2.75, 3.05) is 26.7 Å². The van der Waals surface area contributed by atoms with E-state index in [1.54, 1.807) is 7.11 Å². The van der Waals surface area contributed by atoms with Crippen molar-refractivity contribution in [1.29, 1.82) is 0 Å². The molecule has 0 unspecified atom stereocenters. The molecule has 1 amide bonds. The van der Waals surface area contributed by atoms with Gasteiger partial charge in [0.2, 0.25) is 0 Å². The lowest BCUT2D eigenvalue weighted by Gasteiger charge is -2.51. The van der Waals surface area contributed by atoms with Gasteiger partial charge in [0.1, 0.15) is 10.6 Å². The first-order valence-electron chi connectivity index (χ1n) is 10.2. The molecule has 0 aliphatic carbocycles. The van der Waals surface area contributed by atoms with Crippen LogP contribution in [0.1, 0.15) is 44.7 Å². The molecule has 0 saturated carbocycles. The highest BCUT2D eigenvalue weighted by molar-refractivity contribution is 7.13. The lowest BCUT2D eigenvalue weighted by Crippen LogP contribution is -2.60. The number of fused-ring (bicyclic) bond motifs is 2. The number of methoxy groups -OCH3 is 1. The van der Waals surface area contributed by atoms with E-state index >= 15 is 0 Å². The fourth-order valence-electron chi connectivity index (χ4n) is 5.76. The molecule has 2 aromatic rings. The SMILES string of the molecule is COc1ccccc1[C@@H]1CN(C(=O)c2sc(C)nc2C)[C@@H]2C3CCN(CC3)[C@@H]21. The Labute approximate surface area is 170 Å². The van der Waals surface area contributed by atoms with Crippen molar-refractivity contribution in [1.82, 2.24) is 14.8 Å². The second kappa shape index (κ2) is 6.85. The van der Waals surface area contributed by atoms with Gasteiger partial charge in [0.25, 0.3) is 5.91 Å². The number of amides is 1. The fraction of sp³-hybridized carbons (Fsp3) is 0.545. The molecule has 3 atom stereocenters. The number of rotatable bonds is 3. The lowest BCUT2D eigenvalue weighted by atomic mass is 9.75. The Morgan fingerprint density at radius 1 is 1.18 bits per heavy atom. The summed E-state index contributed by atoms with van der Waals surface area (Å²) >= 11 is 1.53. The summed E-state index contributed by atoms with van der Waals surface area (Å²) in [6.45, 7) is 7.00. The smallest absolute Gasteiger partial charge is 0.266 e. The maximum Gasteiger partial charge on any atom is 0.266 e. The molecule has 5 nitrogen and oxygen atoms in total. The number of hydrogen-bond acceptors (Lipinski definition) is 5. The normalized spacial score (nSPS) is 31.1. The van der Waals surface area contributed by atoms with Crippen LogP contribution in [0.4, 0.5) is 0 Å². The molecule has 28 heavy (non-hydrogen) atoms. The van der Waals surface area contributed by atoms with Crippen LogP contribution in [0.3, 0.4) is 0 Å². The van der Waals surface area contributed by atoms with E-state index in [1.807, 2.05) is 26.0 Å². The predicted octanol–water partition coefficient (Wildman–Crippen LogP) is 3.47. The molecular weight excluding hydrogens is 370 g/mol. The molecule has 6 heteroatoms. The van der Waals surface area contributed by atoms with E-state index < -0.39 is 0 Å². The van der Waals surface area contributed by atoms with Gasteiger partial charge in [0.05, 0.1) is 23.9 Å². The standard InChI is InChI=1S/C22H27N3O2S/c1-13-21(28-14(2)23-13)22(26)25-12-17(16-6-4-5-7-18(16)27-3)20-19(25)15-8-10-24(20)11-9-15/h4-7,15,17,19-20H,8-12H2,1-3H3/t17-,19+,20+/m0/s1. The maximum absolute atomic E-state index is 13.6. The van der Waals surface area contributed by atoms with Crippen LogP contribution in [0.2, 0.25) is 0 Å².